The van der Waals surface area contributed by atoms with Gasteiger partial charge in [-0.25, -0.2) is 9.78 Å². The third-order valence-electron chi connectivity index (χ3n) is 5.33. The van der Waals surface area contributed by atoms with E-state index >= 15 is 0 Å². The van der Waals surface area contributed by atoms with Crippen LogP contribution in [0.1, 0.15) is 44.2 Å². The monoisotopic (exact) mass is 346 g/mol. The lowest BCUT2D eigenvalue weighted by atomic mass is 9.87. The Morgan fingerprint density at radius 2 is 2.08 bits per heavy atom. The molecular weight excluding hydrogens is 316 g/mol. The highest BCUT2D eigenvalue weighted by molar-refractivity contribution is 5.74. The Hall–Kier alpha value is -1.82. The number of anilines is 1. The van der Waals surface area contributed by atoms with E-state index in [1.54, 1.807) is 0 Å². The first-order chi connectivity index (χ1) is 12.1. The molecule has 0 spiro atoms. The first-order valence-electron chi connectivity index (χ1n) is 9.51. The minimum atomic E-state index is -0.192. The number of amides is 2. The SMILES string of the molecule is Cc1cccc(N2CCC(NC(=O)NCC3CCCC(O)C3)CC2)n1. The Bertz CT molecular complexity index is 572. The Balaban J connectivity index is 1.37. The van der Waals surface area contributed by atoms with Gasteiger partial charge in [0.25, 0.3) is 0 Å². The van der Waals surface area contributed by atoms with Crippen molar-refractivity contribution in [3.63, 3.8) is 0 Å². The number of rotatable bonds is 4. The number of carbonyl (C=O) groups is 1. The van der Waals surface area contributed by atoms with Crippen LogP contribution in [0.4, 0.5) is 10.6 Å². The van der Waals surface area contributed by atoms with E-state index < -0.39 is 0 Å². The Labute approximate surface area is 150 Å². The van der Waals surface area contributed by atoms with E-state index in [2.05, 4.69) is 20.5 Å². The molecule has 2 amide bonds. The number of pyridine rings is 1. The molecule has 0 aromatic carbocycles. The van der Waals surface area contributed by atoms with Gasteiger partial charge in [0, 0.05) is 31.4 Å². The fourth-order valence-electron chi connectivity index (χ4n) is 3.88. The molecule has 1 saturated heterocycles. The third kappa shape index (κ3) is 5.33. The van der Waals surface area contributed by atoms with E-state index in [1.807, 2.05) is 25.1 Å². The first-order valence-corrected chi connectivity index (χ1v) is 9.51. The molecule has 138 valence electrons. The summed E-state index contributed by atoms with van der Waals surface area (Å²) in [6, 6.07) is 6.24. The second kappa shape index (κ2) is 8.52. The van der Waals surface area contributed by atoms with E-state index in [4.69, 9.17) is 0 Å². The summed E-state index contributed by atoms with van der Waals surface area (Å²) in [5.41, 5.74) is 1.03. The molecule has 25 heavy (non-hydrogen) atoms. The van der Waals surface area contributed by atoms with Crippen LogP contribution < -0.4 is 15.5 Å². The van der Waals surface area contributed by atoms with Crippen molar-refractivity contribution in [1.29, 1.82) is 0 Å². The van der Waals surface area contributed by atoms with E-state index in [-0.39, 0.29) is 18.2 Å². The second-order valence-corrected chi connectivity index (χ2v) is 7.44. The van der Waals surface area contributed by atoms with Crippen LogP contribution in [0.5, 0.6) is 0 Å². The maximum Gasteiger partial charge on any atom is 0.315 e. The van der Waals surface area contributed by atoms with Gasteiger partial charge in [0.05, 0.1) is 6.10 Å². The van der Waals surface area contributed by atoms with Gasteiger partial charge in [-0.05, 0) is 57.1 Å². The maximum absolute atomic E-state index is 12.1. The van der Waals surface area contributed by atoms with Crippen molar-refractivity contribution in [2.75, 3.05) is 24.5 Å². The van der Waals surface area contributed by atoms with Crippen molar-refractivity contribution in [2.24, 2.45) is 5.92 Å². The predicted molar refractivity (Wildman–Crippen MR) is 98.7 cm³/mol. The van der Waals surface area contributed by atoms with Crippen LogP contribution in [-0.4, -0.2) is 47.9 Å². The molecule has 2 heterocycles. The van der Waals surface area contributed by atoms with Crippen LogP contribution >= 0.6 is 0 Å². The highest BCUT2D eigenvalue weighted by Crippen LogP contribution is 2.23. The first kappa shape index (κ1) is 18.0. The molecule has 1 aliphatic heterocycles. The van der Waals surface area contributed by atoms with E-state index in [0.29, 0.717) is 12.5 Å². The van der Waals surface area contributed by atoms with Gasteiger partial charge >= 0.3 is 6.03 Å². The summed E-state index contributed by atoms with van der Waals surface area (Å²) in [5.74, 6) is 1.43. The predicted octanol–water partition coefficient (Wildman–Crippen LogP) is 2.21. The minimum Gasteiger partial charge on any atom is -0.393 e. The van der Waals surface area contributed by atoms with E-state index in [1.165, 1.54) is 0 Å². The number of urea groups is 1. The summed E-state index contributed by atoms with van der Waals surface area (Å²) in [5, 5.41) is 15.8. The molecule has 0 bridgehead atoms. The fraction of sp³-hybridized carbons (Fsp3) is 0.684. The molecule has 1 aromatic rings. The van der Waals surface area contributed by atoms with Gasteiger partial charge in [-0.2, -0.15) is 0 Å². The summed E-state index contributed by atoms with van der Waals surface area (Å²) in [6.07, 6.45) is 5.54. The number of nitrogens with zero attached hydrogens (tertiary/aromatic N) is 2. The van der Waals surface area contributed by atoms with Crippen molar-refractivity contribution in [3.8, 4) is 0 Å². The van der Waals surface area contributed by atoms with Crippen LogP contribution in [0.25, 0.3) is 0 Å². The highest BCUT2D eigenvalue weighted by Gasteiger charge is 2.23. The molecule has 2 atom stereocenters. The van der Waals surface area contributed by atoms with Gasteiger partial charge in [-0.1, -0.05) is 12.5 Å². The maximum atomic E-state index is 12.1. The lowest BCUT2D eigenvalue weighted by Gasteiger charge is -2.33. The third-order valence-corrected chi connectivity index (χ3v) is 5.33. The quantitative estimate of drug-likeness (QED) is 0.781. The van der Waals surface area contributed by atoms with Crippen LogP contribution in [0, 0.1) is 12.8 Å². The number of nitrogens with one attached hydrogen (secondary N) is 2. The van der Waals surface area contributed by atoms with Crippen molar-refractivity contribution in [3.05, 3.63) is 23.9 Å². The van der Waals surface area contributed by atoms with Crippen LogP contribution in [0.3, 0.4) is 0 Å². The fourth-order valence-corrected chi connectivity index (χ4v) is 3.88. The lowest BCUT2D eigenvalue weighted by molar-refractivity contribution is 0.101. The zero-order valence-electron chi connectivity index (χ0n) is 15.1. The largest absolute Gasteiger partial charge is 0.393 e. The summed E-state index contributed by atoms with van der Waals surface area (Å²) >= 11 is 0. The Morgan fingerprint density at radius 1 is 1.28 bits per heavy atom. The topological polar surface area (TPSA) is 77.5 Å². The zero-order chi connectivity index (χ0) is 17.6. The van der Waals surface area contributed by atoms with Crippen molar-refractivity contribution in [1.82, 2.24) is 15.6 Å². The van der Waals surface area contributed by atoms with Crippen LogP contribution in [-0.2, 0) is 0 Å². The number of carbonyl (C=O) groups excluding carboxylic acids is 1. The lowest BCUT2D eigenvalue weighted by Crippen LogP contribution is -2.49. The molecule has 6 heteroatoms. The summed E-state index contributed by atoms with van der Waals surface area (Å²) in [7, 11) is 0. The highest BCUT2D eigenvalue weighted by atomic mass is 16.3. The van der Waals surface area contributed by atoms with Gasteiger partial charge in [-0.3, -0.25) is 0 Å². The van der Waals surface area contributed by atoms with Crippen molar-refractivity contribution in [2.45, 2.75) is 57.6 Å². The smallest absolute Gasteiger partial charge is 0.315 e. The van der Waals surface area contributed by atoms with Crippen molar-refractivity contribution < 1.29 is 9.90 Å². The minimum absolute atomic E-state index is 0.0767. The molecule has 1 aliphatic carbocycles. The molecular formula is C19H30N4O2. The molecule has 2 aliphatic rings. The van der Waals surface area contributed by atoms with Crippen molar-refractivity contribution >= 4 is 11.8 Å². The molecule has 0 radical (unpaired) electrons. The summed E-state index contributed by atoms with van der Waals surface area (Å²) in [4.78, 5) is 19.0. The summed E-state index contributed by atoms with van der Waals surface area (Å²) in [6.45, 7) is 4.49. The molecule has 3 N–H and O–H groups in total. The van der Waals surface area contributed by atoms with Gasteiger partial charge in [0.1, 0.15) is 5.82 Å². The zero-order valence-corrected chi connectivity index (χ0v) is 15.1. The number of piperidine rings is 1. The van der Waals surface area contributed by atoms with Crippen LogP contribution in [0.15, 0.2) is 18.2 Å². The van der Waals surface area contributed by atoms with Gasteiger partial charge in [-0.15, -0.1) is 0 Å². The van der Waals surface area contributed by atoms with Crippen LogP contribution in [0.2, 0.25) is 0 Å². The Morgan fingerprint density at radius 3 is 2.80 bits per heavy atom. The van der Waals surface area contributed by atoms with Gasteiger partial charge < -0.3 is 20.6 Å². The molecule has 6 nitrogen and oxygen atoms in total. The summed E-state index contributed by atoms with van der Waals surface area (Å²) < 4.78 is 0. The van der Waals surface area contributed by atoms with E-state index in [0.717, 1.165) is 63.1 Å². The average Bonchev–Trinajstić information content (AvgIpc) is 2.61. The Kier molecular flexibility index (Phi) is 6.13. The number of aryl methyl sites for hydroxylation is 1. The molecule has 2 unspecified atom stereocenters. The number of hydrogen-bond acceptors (Lipinski definition) is 4. The number of aliphatic hydroxyl groups is 1. The van der Waals surface area contributed by atoms with Gasteiger partial charge in [0.15, 0.2) is 0 Å². The second-order valence-electron chi connectivity index (χ2n) is 7.44. The standard InChI is InChI=1S/C19H30N4O2/c1-14-4-2-7-18(21-14)23-10-8-16(9-11-23)22-19(25)20-13-15-5-3-6-17(24)12-15/h2,4,7,15-17,24H,3,5-6,8-13H2,1H3,(H2,20,22,25). The van der Waals surface area contributed by atoms with E-state index in [9.17, 15) is 9.90 Å². The molecule has 1 aromatic heterocycles. The molecule has 3 rings (SSSR count). The van der Waals surface area contributed by atoms with Gasteiger partial charge in [0.2, 0.25) is 0 Å². The number of aromatic nitrogens is 1. The normalized spacial score (nSPS) is 24.8. The number of hydrogen-bond donors (Lipinski definition) is 3. The molecule has 2 fully saturated rings. The molecule has 1 saturated carbocycles. The average molecular weight is 346 g/mol. The number of aliphatic hydroxyl groups excluding tert-OH is 1.